The second kappa shape index (κ2) is 6.06. The first-order valence-electron chi connectivity index (χ1n) is 6.34. The monoisotopic (exact) mass is 354 g/mol. The highest BCUT2D eigenvalue weighted by Gasteiger charge is 2.17. The van der Waals surface area contributed by atoms with E-state index >= 15 is 0 Å². The zero-order valence-corrected chi connectivity index (χ0v) is 13.8. The third kappa shape index (κ3) is 2.86. The van der Waals surface area contributed by atoms with Crippen LogP contribution in [0.2, 0.25) is 15.1 Å². The highest BCUT2D eigenvalue weighted by atomic mass is 35.5. The minimum atomic E-state index is -0.364. The van der Waals surface area contributed by atoms with E-state index in [4.69, 9.17) is 46.4 Å². The Morgan fingerprint density at radius 1 is 0.667 bits per heavy atom. The molecule has 1 atom stereocenters. The molecule has 0 aliphatic rings. The Labute approximate surface area is 143 Å². The Hall–Kier alpha value is -0.920. The summed E-state index contributed by atoms with van der Waals surface area (Å²) in [6.45, 7) is 0. The van der Waals surface area contributed by atoms with Gasteiger partial charge in [-0.15, -0.1) is 11.6 Å². The number of fused-ring (bicyclic) bond motifs is 1. The average molecular weight is 356 g/mol. The molecule has 0 spiro atoms. The van der Waals surface area contributed by atoms with Crippen LogP contribution in [0, 0.1) is 0 Å². The molecular weight excluding hydrogens is 346 g/mol. The van der Waals surface area contributed by atoms with Crippen molar-refractivity contribution < 1.29 is 0 Å². The van der Waals surface area contributed by atoms with E-state index in [9.17, 15) is 0 Å². The normalized spacial score (nSPS) is 12.6. The number of halogens is 4. The molecule has 0 aromatic heterocycles. The molecule has 3 aromatic rings. The van der Waals surface area contributed by atoms with Gasteiger partial charge in [-0.3, -0.25) is 0 Å². The van der Waals surface area contributed by atoms with Crippen LogP contribution in [0.4, 0.5) is 0 Å². The summed E-state index contributed by atoms with van der Waals surface area (Å²) in [5.41, 5.74) is 1.80. The highest BCUT2D eigenvalue weighted by molar-refractivity contribution is 6.37. The maximum atomic E-state index is 6.65. The van der Waals surface area contributed by atoms with E-state index in [-0.39, 0.29) is 5.38 Å². The molecule has 0 saturated heterocycles. The van der Waals surface area contributed by atoms with Gasteiger partial charge in [-0.25, -0.2) is 0 Å². The van der Waals surface area contributed by atoms with E-state index in [2.05, 4.69) is 0 Å². The van der Waals surface area contributed by atoms with Crippen LogP contribution in [0.15, 0.2) is 54.6 Å². The minimum Gasteiger partial charge on any atom is -0.113 e. The van der Waals surface area contributed by atoms with Crippen molar-refractivity contribution in [3.05, 3.63) is 80.8 Å². The quantitative estimate of drug-likeness (QED) is 0.429. The third-order valence-electron chi connectivity index (χ3n) is 3.41. The lowest BCUT2D eigenvalue weighted by Crippen LogP contribution is -1.96. The van der Waals surface area contributed by atoms with Crippen LogP contribution in [0.5, 0.6) is 0 Å². The zero-order valence-electron chi connectivity index (χ0n) is 10.8. The van der Waals surface area contributed by atoms with Crippen molar-refractivity contribution in [2.45, 2.75) is 5.38 Å². The molecule has 21 heavy (non-hydrogen) atoms. The largest absolute Gasteiger partial charge is 0.113 e. The standard InChI is InChI=1S/C17H10Cl4/c18-10-5-6-14(16(20)9-10)17(21)13-7-8-15(19)12-4-2-1-3-11(12)13/h1-9,17H. The second-order valence-electron chi connectivity index (χ2n) is 4.71. The zero-order chi connectivity index (χ0) is 15.0. The lowest BCUT2D eigenvalue weighted by atomic mass is 9.98. The van der Waals surface area contributed by atoms with E-state index in [1.165, 1.54) is 0 Å². The van der Waals surface area contributed by atoms with E-state index in [0.717, 1.165) is 21.9 Å². The molecule has 0 heterocycles. The van der Waals surface area contributed by atoms with Crippen molar-refractivity contribution in [1.29, 1.82) is 0 Å². The van der Waals surface area contributed by atoms with E-state index in [1.807, 2.05) is 42.5 Å². The topological polar surface area (TPSA) is 0 Å². The smallest absolute Gasteiger partial charge is 0.0855 e. The van der Waals surface area contributed by atoms with E-state index in [1.54, 1.807) is 12.1 Å². The van der Waals surface area contributed by atoms with Crippen molar-refractivity contribution >= 4 is 57.2 Å². The summed E-state index contributed by atoms with van der Waals surface area (Å²) >= 11 is 25.1. The summed E-state index contributed by atoms with van der Waals surface area (Å²) in [5, 5.41) is 3.50. The SMILES string of the molecule is Clc1ccc(C(Cl)c2ccc(Cl)c3ccccc23)c(Cl)c1. The van der Waals surface area contributed by atoms with Crippen LogP contribution in [-0.2, 0) is 0 Å². The van der Waals surface area contributed by atoms with Crippen LogP contribution >= 0.6 is 46.4 Å². The molecule has 4 heteroatoms. The Kier molecular flexibility index (Phi) is 4.33. The van der Waals surface area contributed by atoms with Gasteiger partial charge in [0.05, 0.1) is 5.38 Å². The number of hydrogen-bond acceptors (Lipinski definition) is 0. The van der Waals surface area contributed by atoms with Crippen LogP contribution in [0.1, 0.15) is 16.5 Å². The maximum absolute atomic E-state index is 6.65. The van der Waals surface area contributed by atoms with Crippen molar-refractivity contribution in [3.63, 3.8) is 0 Å². The fourth-order valence-corrected chi connectivity index (χ4v) is 3.56. The van der Waals surface area contributed by atoms with Gasteiger partial charge in [-0.05, 0) is 34.7 Å². The van der Waals surface area contributed by atoms with Gasteiger partial charge in [0.2, 0.25) is 0 Å². The summed E-state index contributed by atoms with van der Waals surface area (Å²) in [6, 6.07) is 17.1. The predicted octanol–water partition coefficient (Wildman–Crippen LogP) is 7.13. The van der Waals surface area contributed by atoms with Gasteiger partial charge in [-0.2, -0.15) is 0 Å². The lowest BCUT2D eigenvalue weighted by molar-refractivity contribution is 1.16. The van der Waals surface area contributed by atoms with E-state index in [0.29, 0.717) is 15.1 Å². The van der Waals surface area contributed by atoms with Crippen molar-refractivity contribution in [2.75, 3.05) is 0 Å². The fraction of sp³-hybridized carbons (Fsp3) is 0.0588. The molecule has 0 saturated carbocycles. The Balaban J connectivity index is 2.18. The van der Waals surface area contributed by atoms with Gasteiger partial charge >= 0.3 is 0 Å². The molecule has 3 aromatic carbocycles. The van der Waals surface area contributed by atoms with Crippen molar-refractivity contribution in [2.24, 2.45) is 0 Å². The summed E-state index contributed by atoms with van der Waals surface area (Å²) in [7, 11) is 0. The summed E-state index contributed by atoms with van der Waals surface area (Å²) < 4.78 is 0. The maximum Gasteiger partial charge on any atom is 0.0855 e. The summed E-state index contributed by atoms with van der Waals surface area (Å²) in [5.74, 6) is 0. The fourth-order valence-electron chi connectivity index (χ4n) is 2.38. The van der Waals surface area contributed by atoms with Crippen LogP contribution in [0.25, 0.3) is 10.8 Å². The molecule has 106 valence electrons. The number of hydrogen-bond donors (Lipinski definition) is 0. The Bertz CT molecular complexity index is 811. The van der Waals surface area contributed by atoms with Gasteiger partial charge in [0.15, 0.2) is 0 Å². The minimum absolute atomic E-state index is 0.364. The lowest BCUT2D eigenvalue weighted by Gasteiger charge is -2.15. The molecule has 1 unspecified atom stereocenters. The van der Waals surface area contributed by atoms with Gasteiger partial charge in [-0.1, -0.05) is 71.2 Å². The predicted molar refractivity (Wildman–Crippen MR) is 93.1 cm³/mol. The third-order valence-corrected chi connectivity index (χ3v) is 4.78. The van der Waals surface area contributed by atoms with Crippen molar-refractivity contribution in [1.82, 2.24) is 0 Å². The van der Waals surface area contributed by atoms with Crippen LogP contribution in [-0.4, -0.2) is 0 Å². The summed E-state index contributed by atoms with van der Waals surface area (Å²) in [6.07, 6.45) is 0. The molecule has 0 fully saturated rings. The second-order valence-corrected chi connectivity index (χ2v) is 6.40. The van der Waals surface area contributed by atoms with Gasteiger partial charge in [0.1, 0.15) is 0 Å². The first-order chi connectivity index (χ1) is 10.1. The summed E-state index contributed by atoms with van der Waals surface area (Å²) in [4.78, 5) is 0. The van der Waals surface area contributed by atoms with Crippen LogP contribution < -0.4 is 0 Å². The number of benzene rings is 3. The highest BCUT2D eigenvalue weighted by Crippen LogP contribution is 2.39. The van der Waals surface area contributed by atoms with Gasteiger partial charge in [0.25, 0.3) is 0 Å². The molecule has 0 aliphatic heterocycles. The van der Waals surface area contributed by atoms with Crippen molar-refractivity contribution in [3.8, 4) is 0 Å². The molecule has 0 radical (unpaired) electrons. The Morgan fingerprint density at radius 2 is 1.33 bits per heavy atom. The molecule has 0 amide bonds. The van der Waals surface area contributed by atoms with E-state index < -0.39 is 0 Å². The molecule has 0 N–H and O–H groups in total. The first kappa shape index (κ1) is 15.0. The number of alkyl halides is 1. The molecule has 0 bridgehead atoms. The van der Waals surface area contributed by atoms with Gasteiger partial charge < -0.3 is 0 Å². The van der Waals surface area contributed by atoms with Gasteiger partial charge in [0, 0.05) is 20.5 Å². The first-order valence-corrected chi connectivity index (χ1v) is 7.91. The number of rotatable bonds is 2. The van der Waals surface area contributed by atoms with Crippen LogP contribution in [0.3, 0.4) is 0 Å². The molecule has 3 rings (SSSR count). The molecular formula is C17H10Cl4. The average Bonchev–Trinajstić information content (AvgIpc) is 2.47. The Morgan fingerprint density at radius 3 is 2.05 bits per heavy atom. The molecule has 0 nitrogen and oxygen atoms in total. The molecule has 0 aliphatic carbocycles.